The largest absolute Gasteiger partial charge is 0.494 e. The molecule has 0 radical (unpaired) electrons. The van der Waals surface area contributed by atoms with E-state index in [1.807, 2.05) is 11.0 Å². The summed E-state index contributed by atoms with van der Waals surface area (Å²) < 4.78 is 46.5. The topological polar surface area (TPSA) is 75.6 Å². The van der Waals surface area contributed by atoms with Crippen LogP contribution in [-0.2, 0) is 10.0 Å². The SMILES string of the molecule is CCCCOc1ccc(S(=O)(=O)N2CCN(c3cc(-c4ccc(F)cc4)ncn3)CC2)cc1. The van der Waals surface area contributed by atoms with E-state index in [2.05, 4.69) is 16.9 Å². The van der Waals surface area contributed by atoms with Crippen molar-refractivity contribution in [2.75, 3.05) is 37.7 Å². The quantitative estimate of drug-likeness (QED) is 0.464. The minimum Gasteiger partial charge on any atom is -0.494 e. The molecular formula is C24H27FN4O3S. The van der Waals surface area contributed by atoms with Gasteiger partial charge in [-0.1, -0.05) is 13.3 Å². The summed E-state index contributed by atoms with van der Waals surface area (Å²) in [5.41, 5.74) is 1.49. The highest BCUT2D eigenvalue weighted by molar-refractivity contribution is 7.89. The zero-order chi connectivity index (χ0) is 23.3. The molecule has 174 valence electrons. The molecule has 9 heteroatoms. The molecule has 1 aromatic heterocycles. The van der Waals surface area contributed by atoms with Crippen LogP contribution in [0.3, 0.4) is 0 Å². The van der Waals surface area contributed by atoms with Crippen molar-refractivity contribution in [3.63, 3.8) is 0 Å². The normalized spacial score (nSPS) is 14.9. The third kappa shape index (κ3) is 5.48. The van der Waals surface area contributed by atoms with Gasteiger partial charge in [0.25, 0.3) is 0 Å². The van der Waals surface area contributed by atoms with Crippen LogP contribution >= 0.6 is 0 Å². The van der Waals surface area contributed by atoms with Gasteiger partial charge in [-0.2, -0.15) is 4.31 Å². The van der Waals surface area contributed by atoms with Crippen LogP contribution in [0.15, 0.2) is 65.8 Å². The second-order valence-corrected chi connectivity index (χ2v) is 9.77. The van der Waals surface area contributed by atoms with Gasteiger partial charge < -0.3 is 9.64 Å². The first kappa shape index (κ1) is 23.1. The first-order valence-electron chi connectivity index (χ1n) is 11.0. The fraction of sp³-hybridized carbons (Fsp3) is 0.333. The number of benzene rings is 2. The Labute approximate surface area is 193 Å². The van der Waals surface area contributed by atoms with Crippen molar-refractivity contribution in [1.29, 1.82) is 0 Å². The fourth-order valence-electron chi connectivity index (χ4n) is 3.65. The van der Waals surface area contributed by atoms with E-state index in [1.54, 1.807) is 36.4 Å². The lowest BCUT2D eigenvalue weighted by atomic mass is 10.1. The third-order valence-electron chi connectivity index (χ3n) is 5.58. The number of piperazine rings is 1. The Kier molecular flexibility index (Phi) is 7.20. The molecule has 0 unspecified atom stereocenters. The molecule has 0 aliphatic carbocycles. The molecule has 4 rings (SSSR count). The molecule has 33 heavy (non-hydrogen) atoms. The van der Waals surface area contributed by atoms with Gasteiger partial charge >= 0.3 is 0 Å². The third-order valence-corrected chi connectivity index (χ3v) is 7.50. The Balaban J connectivity index is 1.40. The van der Waals surface area contributed by atoms with Crippen LogP contribution in [0.2, 0.25) is 0 Å². The lowest BCUT2D eigenvalue weighted by Gasteiger charge is -2.34. The summed E-state index contributed by atoms with van der Waals surface area (Å²) in [6.07, 6.45) is 3.48. The van der Waals surface area contributed by atoms with Crippen LogP contribution in [0.5, 0.6) is 5.75 Å². The molecule has 1 saturated heterocycles. The number of nitrogens with zero attached hydrogens (tertiary/aromatic N) is 4. The molecule has 2 aromatic carbocycles. The molecule has 0 N–H and O–H groups in total. The van der Waals surface area contributed by atoms with Gasteiger partial charge in [0.05, 0.1) is 17.2 Å². The molecular weight excluding hydrogens is 443 g/mol. The van der Waals surface area contributed by atoms with Gasteiger partial charge in [-0.15, -0.1) is 0 Å². The van der Waals surface area contributed by atoms with Gasteiger partial charge in [-0.3, -0.25) is 0 Å². The van der Waals surface area contributed by atoms with Gasteiger partial charge in [0.15, 0.2) is 0 Å². The monoisotopic (exact) mass is 470 g/mol. The van der Waals surface area contributed by atoms with Gasteiger partial charge in [-0.05, 0) is 55.0 Å². The summed E-state index contributed by atoms with van der Waals surface area (Å²) in [6, 6.07) is 14.6. The van der Waals surface area contributed by atoms with Crippen LogP contribution in [0.4, 0.5) is 10.2 Å². The molecule has 2 heterocycles. The molecule has 3 aromatic rings. The zero-order valence-electron chi connectivity index (χ0n) is 18.5. The minimum atomic E-state index is -3.58. The molecule has 0 bridgehead atoms. The van der Waals surface area contributed by atoms with Crippen molar-refractivity contribution in [2.45, 2.75) is 24.7 Å². The van der Waals surface area contributed by atoms with Crippen molar-refractivity contribution in [3.8, 4) is 17.0 Å². The van der Waals surface area contributed by atoms with Crippen molar-refractivity contribution < 1.29 is 17.5 Å². The van der Waals surface area contributed by atoms with Crippen LogP contribution in [0.1, 0.15) is 19.8 Å². The van der Waals surface area contributed by atoms with Crippen LogP contribution in [0, 0.1) is 5.82 Å². The van der Waals surface area contributed by atoms with Gasteiger partial charge in [0.2, 0.25) is 10.0 Å². The second kappa shape index (κ2) is 10.3. The number of ether oxygens (including phenoxy) is 1. The van der Waals surface area contributed by atoms with Crippen LogP contribution in [0.25, 0.3) is 11.3 Å². The van der Waals surface area contributed by atoms with Crippen molar-refractivity contribution in [3.05, 3.63) is 66.7 Å². The lowest BCUT2D eigenvalue weighted by Crippen LogP contribution is -2.48. The first-order chi connectivity index (χ1) is 16.0. The molecule has 1 aliphatic heterocycles. The van der Waals surface area contributed by atoms with Crippen LogP contribution in [-0.4, -0.2) is 55.5 Å². The zero-order valence-corrected chi connectivity index (χ0v) is 19.3. The summed E-state index contributed by atoms with van der Waals surface area (Å²) >= 11 is 0. The Bertz CT molecular complexity index is 1160. The summed E-state index contributed by atoms with van der Waals surface area (Å²) in [5.74, 6) is 1.09. The van der Waals surface area contributed by atoms with Gasteiger partial charge in [0.1, 0.15) is 23.7 Å². The molecule has 1 aliphatic rings. The van der Waals surface area contributed by atoms with E-state index < -0.39 is 10.0 Å². The molecule has 0 atom stereocenters. The van der Waals surface area contributed by atoms with Crippen molar-refractivity contribution in [2.24, 2.45) is 0 Å². The predicted octanol–water partition coefficient (Wildman–Crippen LogP) is 3.97. The van der Waals surface area contributed by atoms with Crippen molar-refractivity contribution >= 4 is 15.8 Å². The van der Waals surface area contributed by atoms with E-state index in [9.17, 15) is 12.8 Å². The minimum absolute atomic E-state index is 0.263. The highest BCUT2D eigenvalue weighted by Gasteiger charge is 2.29. The highest BCUT2D eigenvalue weighted by atomic mass is 32.2. The summed E-state index contributed by atoms with van der Waals surface area (Å²) in [6.45, 7) is 4.44. The fourth-order valence-corrected chi connectivity index (χ4v) is 5.07. The number of halogens is 1. The molecule has 0 saturated carbocycles. The second-order valence-electron chi connectivity index (χ2n) is 7.83. The molecule has 1 fully saturated rings. The van der Waals surface area contributed by atoms with Gasteiger partial charge in [0, 0.05) is 37.8 Å². The number of unbranched alkanes of at least 4 members (excludes halogenated alkanes) is 1. The number of hydrogen-bond acceptors (Lipinski definition) is 6. The summed E-state index contributed by atoms with van der Waals surface area (Å²) in [5, 5.41) is 0. The Morgan fingerprint density at radius 2 is 1.67 bits per heavy atom. The Morgan fingerprint density at radius 1 is 0.970 bits per heavy atom. The Hall–Kier alpha value is -3.04. The van der Waals surface area contributed by atoms with E-state index >= 15 is 0 Å². The highest BCUT2D eigenvalue weighted by Crippen LogP contribution is 2.24. The smallest absolute Gasteiger partial charge is 0.243 e. The molecule has 7 nitrogen and oxygen atoms in total. The van der Waals surface area contributed by atoms with Crippen LogP contribution < -0.4 is 9.64 Å². The number of rotatable bonds is 8. The lowest BCUT2D eigenvalue weighted by molar-refractivity contribution is 0.309. The number of aromatic nitrogens is 2. The molecule has 0 spiro atoms. The number of anilines is 1. The maximum atomic E-state index is 13.2. The first-order valence-corrected chi connectivity index (χ1v) is 12.5. The average molecular weight is 471 g/mol. The number of hydrogen-bond donors (Lipinski definition) is 0. The molecule has 0 amide bonds. The average Bonchev–Trinajstić information content (AvgIpc) is 2.85. The predicted molar refractivity (Wildman–Crippen MR) is 125 cm³/mol. The number of sulfonamides is 1. The maximum absolute atomic E-state index is 13.2. The Morgan fingerprint density at radius 3 is 2.33 bits per heavy atom. The summed E-state index contributed by atoms with van der Waals surface area (Å²) in [7, 11) is -3.58. The van der Waals surface area contributed by atoms with E-state index in [0.717, 1.165) is 24.2 Å². The van der Waals surface area contributed by atoms with Crippen molar-refractivity contribution in [1.82, 2.24) is 14.3 Å². The van der Waals surface area contributed by atoms with E-state index in [-0.39, 0.29) is 10.7 Å². The maximum Gasteiger partial charge on any atom is 0.243 e. The van der Waals surface area contributed by atoms with E-state index in [1.165, 1.54) is 22.8 Å². The van der Waals surface area contributed by atoms with E-state index in [4.69, 9.17) is 4.74 Å². The standard InChI is InChI=1S/C24H27FN4O3S/c1-2-3-16-32-21-8-10-22(11-9-21)33(30,31)29-14-12-28(13-15-29)24-17-23(26-18-27-24)19-4-6-20(25)7-5-19/h4-11,17-18H,2-3,12-16H2,1H3. The summed E-state index contributed by atoms with van der Waals surface area (Å²) in [4.78, 5) is 10.9. The van der Waals surface area contributed by atoms with Gasteiger partial charge in [-0.25, -0.2) is 22.8 Å². The van der Waals surface area contributed by atoms with E-state index in [0.29, 0.717) is 44.2 Å².